The van der Waals surface area contributed by atoms with E-state index in [1.807, 2.05) is 4.90 Å². The fraction of sp³-hybridized carbons (Fsp3) is 0.600. The van der Waals surface area contributed by atoms with Gasteiger partial charge in [-0.2, -0.15) is 4.31 Å². The zero-order valence-electron chi connectivity index (χ0n) is 16.9. The van der Waals surface area contributed by atoms with E-state index >= 15 is 0 Å². The second-order valence-corrected chi connectivity index (χ2v) is 10.6. The van der Waals surface area contributed by atoms with Crippen LogP contribution >= 0.6 is 11.6 Å². The first-order valence-corrected chi connectivity index (χ1v) is 12.1. The third-order valence-corrected chi connectivity index (χ3v) is 8.55. The predicted molar refractivity (Wildman–Crippen MR) is 112 cm³/mol. The number of nitrogens with one attached hydrogen (secondary N) is 1. The standard InChI is InChI=1S/C20H26ClN3O5S/c1-13-2-6-23(7-3-13)20(26)14-4-8-24(9-5-14)30(27,28)18-11-17-16(10-15(18)21)22-19(25)12-29-17/h10-11,13-14H,2-9,12H2,1H3,(H,22,25). The monoisotopic (exact) mass is 455 g/mol. The van der Waals surface area contributed by atoms with Gasteiger partial charge in [0.1, 0.15) is 10.6 Å². The molecule has 0 saturated carbocycles. The summed E-state index contributed by atoms with van der Waals surface area (Å²) in [6.07, 6.45) is 3.05. The van der Waals surface area contributed by atoms with Crippen LogP contribution in [0.2, 0.25) is 5.02 Å². The molecule has 0 unspecified atom stereocenters. The van der Waals surface area contributed by atoms with Crippen LogP contribution in [-0.4, -0.2) is 62.2 Å². The highest BCUT2D eigenvalue weighted by Crippen LogP contribution is 2.37. The third-order valence-electron chi connectivity index (χ3n) is 6.18. The Morgan fingerprint density at radius 2 is 1.80 bits per heavy atom. The van der Waals surface area contributed by atoms with Gasteiger partial charge in [-0.05, 0) is 37.7 Å². The molecule has 10 heteroatoms. The zero-order valence-corrected chi connectivity index (χ0v) is 18.5. The first-order valence-electron chi connectivity index (χ1n) is 10.3. The molecule has 2 amide bonds. The minimum atomic E-state index is -3.84. The van der Waals surface area contributed by atoms with E-state index in [4.69, 9.17) is 16.3 Å². The second kappa shape index (κ2) is 8.36. The van der Waals surface area contributed by atoms with E-state index in [0.717, 1.165) is 25.9 Å². The highest BCUT2D eigenvalue weighted by atomic mass is 35.5. The Bertz CT molecular complexity index is 951. The third kappa shape index (κ3) is 4.15. The largest absolute Gasteiger partial charge is 0.482 e. The van der Waals surface area contributed by atoms with Gasteiger partial charge >= 0.3 is 0 Å². The summed E-state index contributed by atoms with van der Waals surface area (Å²) in [6.45, 7) is 4.16. The summed E-state index contributed by atoms with van der Waals surface area (Å²) < 4.78 is 33.1. The van der Waals surface area contributed by atoms with E-state index in [1.54, 1.807) is 0 Å². The van der Waals surface area contributed by atoms with Crippen molar-refractivity contribution in [2.45, 2.75) is 37.5 Å². The second-order valence-electron chi connectivity index (χ2n) is 8.30. The minimum absolute atomic E-state index is 0.0280. The number of piperidine rings is 2. The van der Waals surface area contributed by atoms with Crippen LogP contribution in [0.25, 0.3) is 0 Å². The lowest BCUT2D eigenvalue weighted by atomic mass is 9.93. The molecule has 0 spiro atoms. The number of halogens is 1. The van der Waals surface area contributed by atoms with Gasteiger partial charge in [0.2, 0.25) is 15.9 Å². The number of hydrogen-bond acceptors (Lipinski definition) is 5. The number of carbonyl (C=O) groups excluding carboxylic acids is 2. The van der Waals surface area contributed by atoms with Crippen LogP contribution in [0, 0.1) is 11.8 Å². The number of fused-ring (bicyclic) bond motifs is 1. The summed E-state index contributed by atoms with van der Waals surface area (Å²) in [7, 11) is -3.84. The number of carbonyl (C=O) groups is 2. The number of nitrogens with zero attached hydrogens (tertiary/aromatic N) is 2. The van der Waals surface area contributed by atoms with Crippen molar-refractivity contribution in [1.29, 1.82) is 0 Å². The first kappa shape index (κ1) is 21.4. The van der Waals surface area contributed by atoms with Crippen LogP contribution in [-0.2, 0) is 19.6 Å². The summed E-state index contributed by atoms with van der Waals surface area (Å²) in [4.78, 5) is 26.1. The van der Waals surface area contributed by atoms with E-state index in [1.165, 1.54) is 16.4 Å². The molecular weight excluding hydrogens is 430 g/mol. The fourth-order valence-corrected chi connectivity index (χ4v) is 6.24. The van der Waals surface area contributed by atoms with Gasteiger partial charge in [0, 0.05) is 38.2 Å². The SMILES string of the molecule is CC1CCN(C(=O)C2CCN(S(=O)(=O)c3cc4c(cc3Cl)NC(=O)CO4)CC2)CC1. The molecule has 8 nitrogen and oxygen atoms in total. The van der Waals surface area contributed by atoms with E-state index in [-0.39, 0.29) is 53.1 Å². The number of likely N-dealkylation sites (tertiary alicyclic amines) is 1. The van der Waals surface area contributed by atoms with Crippen LogP contribution in [0.3, 0.4) is 0 Å². The van der Waals surface area contributed by atoms with E-state index in [0.29, 0.717) is 24.4 Å². The Morgan fingerprint density at radius 1 is 1.13 bits per heavy atom. The molecule has 0 aliphatic carbocycles. The quantitative estimate of drug-likeness (QED) is 0.754. The summed E-state index contributed by atoms with van der Waals surface area (Å²) in [6, 6.07) is 2.76. The highest BCUT2D eigenvalue weighted by molar-refractivity contribution is 7.89. The van der Waals surface area contributed by atoms with E-state index < -0.39 is 10.0 Å². The van der Waals surface area contributed by atoms with Gasteiger partial charge in [-0.1, -0.05) is 18.5 Å². The molecule has 3 aliphatic heterocycles. The maximum Gasteiger partial charge on any atom is 0.262 e. The zero-order chi connectivity index (χ0) is 21.5. The maximum absolute atomic E-state index is 13.2. The Kier molecular flexibility index (Phi) is 5.96. The van der Waals surface area contributed by atoms with Crippen molar-refractivity contribution in [1.82, 2.24) is 9.21 Å². The van der Waals surface area contributed by atoms with Gasteiger partial charge in [0.25, 0.3) is 5.91 Å². The van der Waals surface area contributed by atoms with Crippen LogP contribution < -0.4 is 10.1 Å². The Hall–Kier alpha value is -1.84. The molecule has 1 N–H and O–H groups in total. The topological polar surface area (TPSA) is 96.0 Å². The van der Waals surface area contributed by atoms with Gasteiger partial charge in [-0.25, -0.2) is 8.42 Å². The molecule has 0 atom stereocenters. The lowest BCUT2D eigenvalue weighted by Crippen LogP contribution is -2.46. The van der Waals surface area contributed by atoms with E-state index in [2.05, 4.69) is 12.2 Å². The van der Waals surface area contributed by atoms with Gasteiger partial charge in [0.05, 0.1) is 10.7 Å². The lowest BCUT2D eigenvalue weighted by Gasteiger charge is -2.36. The molecule has 1 aromatic rings. The molecule has 0 radical (unpaired) electrons. The average Bonchev–Trinajstić information content (AvgIpc) is 2.73. The van der Waals surface area contributed by atoms with Crippen molar-refractivity contribution in [2.24, 2.45) is 11.8 Å². The number of hydrogen-bond donors (Lipinski definition) is 1. The minimum Gasteiger partial charge on any atom is -0.482 e. The summed E-state index contributed by atoms with van der Waals surface area (Å²) in [5.41, 5.74) is 0.357. The molecule has 30 heavy (non-hydrogen) atoms. The normalized spacial score (nSPS) is 21.7. The molecular formula is C20H26ClN3O5S. The maximum atomic E-state index is 13.2. The summed E-state index contributed by atoms with van der Waals surface area (Å²) in [5, 5.41) is 2.64. The number of rotatable bonds is 3. The van der Waals surface area contributed by atoms with Crippen LogP contribution in [0.1, 0.15) is 32.6 Å². The molecule has 1 aromatic carbocycles. The Balaban J connectivity index is 1.44. The molecule has 2 fully saturated rings. The fourth-order valence-electron chi connectivity index (χ4n) is 4.25. The lowest BCUT2D eigenvalue weighted by molar-refractivity contribution is -0.138. The number of ether oxygens (including phenoxy) is 1. The molecule has 164 valence electrons. The molecule has 0 bridgehead atoms. The van der Waals surface area contributed by atoms with Crippen molar-refractivity contribution >= 4 is 39.1 Å². The Morgan fingerprint density at radius 3 is 2.47 bits per heavy atom. The van der Waals surface area contributed by atoms with Crippen molar-refractivity contribution in [3.63, 3.8) is 0 Å². The Labute approximate surface area is 181 Å². The van der Waals surface area contributed by atoms with Crippen molar-refractivity contribution in [2.75, 3.05) is 38.1 Å². The van der Waals surface area contributed by atoms with Crippen LogP contribution in [0.15, 0.2) is 17.0 Å². The number of amides is 2. The van der Waals surface area contributed by atoms with Gasteiger partial charge < -0.3 is 15.0 Å². The van der Waals surface area contributed by atoms with Crippen LogP contribution in [0.5, 0.6) is 5.75 Å². The van der Waals surface area contributed by atoms with Crippen molar-refractivity contribution in [3.05, 3.63) is 17.2 Å². The molecule has 4 rings (SSSR count). The molecule has 2 saturated heterocycles. The smallest absolute Gasteiger partial charge is 0.262 e. The highest BCUT2D eigenvalue weighted by Gasteiger charge is 2.36. The van der Waals surface area contributed by atoms with Crippen LogP contribution in [0.4, 0.5) is 5.69 Å². The van der Waals surface area contributed by atoms with Crippen molar-refractivity contribution in [3.8, 4) is 5.75 Å². The first-order chi connectivity index (χ1) is 14.3. The van der Waals surface area contributed by atoms with Gasteiger partial charge in [0.15, 0.2) is 6.61 Å². The van der Waals surface area contributed by atoms with Gasteiger partial charge in [-0.15, -0.1) is 0 Å². The van der Waals surface area contributed by atoms with E-state index in [9.17, 15) is 18.0 Å². The molecule has 0 aromatic heterocycles. The van der Waals surface area contributed by atoms with Crippen molar-refractivity contribution < 1.29 is 22.7 Å². The number of anilines is 1. The molecule has 3 heterocycles. The number of benzene rings is 1. The summed E-state index contributed by atoms with van der Waals surface area (Å²) in [5.74, 6) is 0.628. The number of sulfonamides is 1. The molecule has 3 aliphatic rings. The summed E-state index contributed by atoms with van der Waals surface area (Å²) >= 11 is 6.23. The average molecular weight is 456 g/mol. The predicted octanol–water partition coefficient (Wildman–Crippen LogP) is 2.33. The van der Waals surface area contributed by atoms with Gasteiger partial charge in [-0.3, -0.25) is 9.59 Å².